The normalized spacial score (nSPS) is 10.5. The second-order valence-corrected chi connectivity index (χ2v) is 3.43. The maximum Gasteiger partial charge on any atom is 0.336 e. The van der Waals surface area contributed by atoms with Crippen LogP contribution in [0.2, 0.25) is 0 Å². The SMILES string of the molecule is COc1ccc2c(CS)cc(=O)oc2c1. The van der Waals surface area contributed by atoms with E-state index in [-0.39, 0.29) is 5.63 Å². The fraction of sp³-hybridized carbons (Fsp3) is 0.182. The van der Waals surface area contributed by atoms with E-state index in [0.717, 1.165) is 10.9 Å². The van der Waals surface area contributed by atoms with Gasteiger partial charge in [0.2, 0.25) is 0 Å². The zero-order valence-electron chi connectivity index (χ0n) is 8.19. The number of thiol groups is 1. The van der Waals surface area contributed by atoms with Crippen molar-refractivity contribution in [2.75, 3.05) is 7.11 Å². The maximum atomic E-state index is 11.2. The monoisotopic (exact) mass is 222 g/mol. The number of rotatable bonds is 2. The Hall–Kier alpha value is -1.42. The summed E-state index contributed by atoms with van der Waals surface area (Å²) in [5.41, 5.74) is 1.04. The maximum absolute atomic E-state index is 11.2. The van der Waals surface area contributed by atoms with Crippen molar-refractivity contribution in [1.82, 2.24) is 0 Å². The quantitative estimate of drug-likeness (QED) is 0.625. The number of hydrogen-bond donors (Lipinski definition) is 1. The molecule has 1 aromatic carbocycles. The highest BCUT2D eigenvalue weighted by Gasteiger charge is 2.05. The van der Waals surface area contributed by atoms with Crippen LogP contribution in [0.15, 0.2) is 33.5 Å². The van der Waals surface area contributed by atoms with Gasteiger partial charge in [0.15, 0.2) is 0 Å². The van der Waals surface area contributed by atoms with Crippen LogP contribution in [0.25, 0.3) is 11.0 Å². The van der Waals surface area contributed by atoms with Crippen LogP contribution in [0.5, 0.6) is 5.75 Å². The van der Waals surface area contributed by atoms with Crippen LogP contribution in [0.3, 0.4) is 0 Å². The molecular weight excluding hydrogens is 212 g/mol. The second kappa shape index (κ2) is 3.98. The van der Waals surface area contributed by atoms with Crippen molar-refractivity contribution in [2.45, 2.75) is 5.75 Å². The van der Waals surface area contributed by atoms with E-state index in [1.165, 1.54) is 6.07 Å². The van der Waals surface area contributed by atoms with Crippen LogP contribution in [-0.4, -0.2) is 7.11 Å². The number of methoxy groups -OCH3 is 1. The Kier molecular flexibility index (Phi) is 2.68. The van der Waals surface area contributed by atoms with E-state index in [0.29, 0.717) is 17.1 Å². The Labute approximate surface area is 92.1 Å². The number of ether oxygens (including phenoxy) is 1. The molecule has 4 heteroatoms. The lowest BCUT2D eigenvalue weighted by Gasteiger charge is -2.04. The molecule has 1 aromatic heterocycles. The summed E-state index contributed by atoms with van der Waals surface area (Å²) in [5, 5.41) is 0.894. The van der Waals surface area contributed by atoms with Gasteiger partial charge in [0.1, 0.15) is 11.3 Å². The van der Waals surface area contributed by atoms with Crippen molar-refractivity contribution < 1.29 is 9.15 Å². The molecular formula is C11H10O3S. The minimum Gasteiger partial charge on any atom is -0.497 e. The van der Waals surface area contributed by atoms with Gasteiger partial charge in [-0.2, -0.15) is 12.6 Å². The molecule has 0 atom stereocenters. The van der Waals surface area contributed by atoms with Gasteiger partial charge < -0.3 is 9.15 Å². The largest absolute Gasteiger partial charge is 0.497 e. The summed E-state index contributed by atoms with van der Waals surface area (Å²) in [7, 11) is 1.57. The minimum absolute atomic E-state index is 0.361. The predicted octanol–water partition coefficient (Wildman–Crippen LogP) is 2.23. The van der Waals surface area contributed by atoms with Crippen molar-refractivity contribution in [3.63, 3.8) is 0 Å². The van der Waals surface area contributed by atoms with E-state index in [2.05, 4.69) is 12.6 Å². The summed E-state index contributed by atoms with van der Waals surface area (Å²) >= 11 is 4.17. The van der Waals surface area contributed by atoms with Crippen molar-refractivity contribution >= 4 is 23.6 Å². The molecule has 0 amide bonds. The summed E-state index contributed by atoms with van der Waals surface area (Å²) in [6.07, 6.45) is 0. The molecule has 0 aliphatic heterocycles. The lowest BCUT2D eigenvalue weighted by molar-refractivity contribution is 0.414. The molecule has 0 radical (unpaired) electrons. The van der Waals surface area contributed by atoms with Crippen molar-refractivity contribution in [3.8, 4) is 5.75 Å². The van der Waals surface area contributed by atoms with Gasteiger partial charge in [-0.3, -0.25) is 0 Å². The van der Waals surface area contributed by atoms with Gasteiger partial charge in [0, 0.05) is 23.3 Å². The number of hydrogen-bond acceptors (Lipinski definition) is 4. The van der Waals surface area contributed by atoms with Gasteiger partial charge in [-0.15, -0.1) is 0 Å². The van der Waals surface area contributed by atoms with E-state index >= 15 is 0 Å². The van der Waals surface area contributed by atoms with Gasteiger partial charge >= 0.3 is 5.63 Å². The minimum atomic E-state index is -0.361. The molecule has 0 N–H and O–H groups in total. The molecule has 78 valence electrons. The molecule has 3 nitrogen and oxygen atoms in total. The summed E-state index contributed by atoms with van der Waals surface area (Å²) in [6.45, 7) is 0. The van der Waals surface area contributed by atoms with Gasteiger partial charge in [0.05, 0.1) is 7.11 Å². The summed E-state index contributed by atoms with van der Waals surface area (Å²) in [4.78, 5) is 11.2. The first-order valence-corrected chi connectivity index (χ1v) is 5.09. The van der Waals surface area contributed by atoms with Crippen LogP contribution in [0, 0.1) is 0 Å². The van der Waals surface area contributed by atoms with E-state index in [1.54, 1.807) is 13.2 Å². The summed E-state index contributed by atoms with van der Waals surface area (Å²) in [6, 6.07) is 6.85. The fourth-order valence-electron chi connectivity index (χ4n) is 1.47. The van der Waals surface area contributed by atoms with Crippen molar-refractivity contribution in [1.29, 1.82) is 0 Å². The zero-order chi connectivity index (χ0) is 10.8. The van der Waals surface area contributed by atoms with Gasteiger partial charge in [-0.05, 0) is 17.7 Å². The van der Waals surface area contributed by atoms with E-state index in [1.807, 2.05) is 12.1 Å². The Bertz CT molecular complexity index is 545. The molecule has 1 heterocycles. The van der Waals surface area contributed by atoms with E-state index in [4.69, 9.17) is 9.15 Å². The number of fused-ring (bicyclic) bond motifs is 1. The van der Waals surface area contributed by atoms with Gasteiger partial charge in [-0.25, -0.2) is 4.79 Å². The Morgan fingerprint density at radius 1 is 1.40 bits per heavy atom. The lowest BCUT2D eigenvalue weighted by Crippen LogP contribution is -1.99. The van der Waals surface area contributed by atoms with Crippen LogP contribution in [-0.2, 0) is 5.75 Å². The van der Waals surface area contributed by atoms with Gasteiger partial charge in [-0.1, -0.05) is 0 Å². The van der Waals surface area contributed by atoms with E-state index < -0.39 is 0 Å². The van der Waals surface area contributed by atoms with Crippen LogP contribution >= 0.6 is 12.6 Å². The Morgan fingerprint density at radius 2 is 2.20 bits per heavy atom. The number of benzene rings is 1. The molecule has 0 unspecified atom stereocenters. The predicted molar refractivity (Wildman–Crippen MR) is 61.7 cm³/mol. The van der Waals surface area contributed by atoms with Crippen LogP contribution < -0.4 is 10.4 Å². The highest BCUT2D eigenvalue weighted by atomic mass is 32.1. The molecule has 0 spiro atoms. The third-order valence-corrected chi connectivity index (χ3v) is 2.55. The summed E-state index contributed by atoms with van der Waals surface area (Å²) < 4.78 is 10.1. The second-order valence-electron chi connectivity index (χ2n) is 3.11. The first kappa shape index (κ1) is 10.1. The molecule has 0 saturated carbocycles. The highest BCUT2D eigenvalue weighted by Crippen LogP contribution is 2.23. The average Bonchev–Trinajstić information content (AvgIpc) is 2.26. The van der Waals surface area contributed by atoms with E-state index in [9.17, 15) is 4.79 Å². The first-order chi connectivity index (χ1) is 7.24. The standard InChI is InChI=1S/C11H10O3S/c1-13-8-2-3-9-7(6-15)4-11(12)14-10(9)5-8/h2-5,15H,6H2,1H3. The smallest absolute Gasteiger partial charge is 0.336 e. The van der Waals surface area contributed by atoms with Gasteiger partial charge in [0.25, 0.3) is 0 Å². The molecule has 2 aromatic rings. The van der Waals surface area contributed by atoms with Crippen LogP contribution in [0.4, 0.5) is 0 Å². The third-order valence-electron chi connectivity index (χ3n) is 2.21. The Morgan fingerprint density at radius 3 is 2.87 bits per heavy atom. The molecule has 0 aliphatic rings. The van der Waals surface area contributed by atoms with Crippen LogP contribution in [0.1, 0.15) is 5.56 Å². The average molecular weight is 222 g/mol. The molecule has 2 rings (SSSR count). The highest BCUT2D eigenvalue weighted by molar-refractivity contribution is 7.79. The molecule has 0 fully saturated rings. The molecule has 0 bridgehead atoms. The Balaban J connectivity index is 2.78. The summed E-state index contributed by atoms with van der Waals surface area (Å²) in [5.74, 6) is 1.18. The molecule has 15 heavy (non-hydrogen) atoms. The molecule has 0 aliphatic carbocycles. The topological polar surface area (TPSA) is 39.4 Å². The third kappa shape index (κ3) is 1.85. The zero-order valence-corrected chi connectivity index (χ0v) is 9.08. The fourth-order valence-corrected chi connectivity index (χ4v) is 1.73. The molecule has 0 saturated heterocycles. The lowest BCUT2D eigenvalue weighted by atomic mass is 10.1. The van der Waals surface area contributed by atoms with Crippen molar-refractivity contribution in [2.24, 2.45) is 0 Å². The first-order valence-electron chi connectivity index (χ1n) is 4.46. The van der Waals surface area contributed by atoms with Crippen molar-refractivity contribution in [3.05, 3.63) is 40.2 Å².